The van der Waals surface area contributed by atoms with Crippen molar-refractivity contribution < 1.29 is 19.0 Å². The highest BCUT2D eigenvalue weighted by atomic mass is 35.5. The molecule has 0 spiro atoms. The van der Waals surface area contributed by atoms with Crippen molar-refractivity contribution in [1.29, 1.82) is 0 Å². The summed E-state index contributed by atoms with van der Waals surface area (Å²) in [4.78, 5) is 15.0. The second kappa shape index (κ2) is 10.2. The number of benzene rings is 2. The molecule has 0 saturated carbocycles. The predicted molar refractivity (Wildman–Crippen MR) is 121 cm³/mol. The number of likely N-dealkylation sites (tertiary alicyclic amines) is 1. The largest absolute Gasteiger partial charge is 0.495 e. The number of methoxy groups -OCH3 is 1. The van der Waals surface area contributed by atoms with Gasteiger partial charge in [0.1, 0.15) is 19.0 Å². The molecule has 166 valence electrons. The number of nitrogens with zero attached hydrogens (tertiary/aromatic N) is 1. The second-order valence-electron chi connectivity index (χ2n) is 8.15. The van der Waals surface area contributed by atoms with E-state index in [1.165, 1.54) is 5.56 Å². The third-order valence-electron chi connectivity index (χ3n) is 5.83. The summed E-state index contributed by atoms with van der Waals surface area (Å²) in [5.74, 6) is 2.78. The number of fused-ring (bicyclic) bond motifs is 1. The van der Waals surface area contributed by atoms with Gasteiger partial charge in [-0.2, -0.15) is 0 Å². The molecule has 1 N–H and O–H groups in total. The molecule has 2 aromatic rings. The molecule has 1 fully saturated rings. The van der Waals surface area contributed by atoms with Crippen LogP contribution in [-0.2, 0) is 11.3 Å². The zero-order valence-corrected chi connectivity index (χ0v) is 18.6. The molecule has 2 aliphatic rings. The van der Waals surface area contributed by atoms with E-state index in [0.717, 1.165) is 50.4 Å². The maximum atomic E-state index is 12.5. The van der Waals surface area contributed by atoms with Gasteiger partial charge < -0.3 is 19.5 Å². The fraction of sp³-hybridized carbons (Fsp3) is 0.458. The molecule has 4 rings (SSSR count). The molecule has 1 atom stereocenters. The van der Waals surface area contributed by atoms with Gasteiger partial charge in [-0.25, -0.2) is 0 Å². The van der Waals surface area contributed by atoms with E-state index in [9.17, 15) is 4.79 Å². The van der Waals surface area contributed by atoms with Gasteiger partial charge in [0.05, 0.1) is 12.8 Å². The number of halogens is 1. The lowest BCUT2D eigenvalue weighted by molar-refractivity contribution is -0.116. The molecule has 2 aromatic carbocycles. The van der Waals surface area contributed by atoms with E-state index in [1.54, 1.807) is 25.3 Å². The molecule has 6 nitrogen and oxygen atoms in total. The minimum atomic E-state index is -0.00970. The summed E-state index contributed by atoms with van der Waals surface area (Å²) < 4.78 is 16.6. The molecular formula is C24H29ClN2O4. The van der Waals surface area contributed by atoms with Crippen LogP contribution in [0, 0.1) is 5.92 Å². The molecular weight excluding hydrogens is 416 g/mol. The quantitative estimate of drug-likeness (QED) is 0.667. The van der Waals surface area contributed by atoms with Crippen LogP contribution in [0.1, 0.15) is 31.2 Å². The van der Waals surface area contributed by atoms with Crippen molar-refractivity contribution in [3.05, 3.63) is 47.0 Å². The van der Waals surface area contributed by atoms with E-state index < -0.39 is 0 Å². The SMILES string of the molecule is COc1ccc(Cl)cc1NC(=O)CCC1CCCN(Cc2ccc3c(c2)OCCO3)C1. The maximum Gasteiger partial charge on any atom is 0.224 e. The summed E-state index contributed by atoms with van der Waals surface area (Å²) >= 11 is 6.05. The fourth-order valence-electron chi connectivity index (χ4n) is 4.30. The van der Waals surface area contributed by atoms with Crippen LogP contribution >= 0.6 is 11.6 Å². The molecule has 0 aliphatic carbocycles. The molecule has 0 aromatic heterocycles. The van der Waals surface area contributed by atoms with Crippen LogP contribution in [0.3, 0.4) is 0 Å². The van der Waals surface area contributed by atoms with E-state index >= 15 is 0 Å². The Kier molecular flexibility index (Phi) is 7.20. The number of carbonyl (C=O) groups excluding carboxylic acids is 1. The summed E-state index contributed by atoms with van der Waals surface area (Å²) in [5, 5.41) is 3.50. The fourth-order valence-corrected chi connectivity index (χ4v) is 4.47. The molecule has 2 aliphatic heterocycles. The van der Waals surface area contributed by atoms with Gasteiger partial charge in [0, 0.05) is 24.5 Å². The zero-order valence-electron chi connectivity index (χ0n) is 17.9. The van der Waals surface area contributed by atoms with Crippen LogP contribution in [0.15, 0.2) is 36.4 Å². The van der Waals surface area contributed by atoms with E-state index in [4.69, 9.17) is 25.8 Å². The third kappa shape index (κ3) is 5.83. The number of nitrogens with one attached hydrogen (secondary N) is 1. The highest BCUT2D eigenvalue weighted by Crippen LogP contribution is 2.32. The first kappa shape index (κ1) is 21.8. The number of anilines is 1. The van der Waals surface area contributed by atoms with Crippen molar-refractivity contribution in [3.63, 3.8) is 0 Å². The van der Waals surface area contributed by atoms with Crippen molar-refractivity contribution >= 4 is 23.2 Å². The topological polar surface area (TPSA) is 60.0 Å². The first-order valence-corrected chi connectivity index (χ1v) is 11.2. The molecule has 31 heavy (non-hydrogen) atoms. The first-order valence-electron chi connectivity index (χ1n) is 10.8. The summed E-state index contributed by atoms with van der Waals surface area (Å²) in [6, 6.07) is 11.4. The van der Waals surface area contributed by atoms with Gasteiger partial charge in [0.25, 0.3) is 0 Å². The summed E-state index contributed by atoms with van der Waals surface area (Å²) in [6.07, 6.45) is 3.66. The van der Waals surface area contributed by atoms with Crippen LogP contribution in [0.4, 0.5) is 5.69 Å². The monoisotopic (exact) mass is 444 g/mol. The highest BCUT2D eigenvalue weighted by Gasteiger charge is 2.22. The zero-order chi connectivity index (χ0) is 21.6. The van der Waals surface area contributed by atoms with Crippen molar-refractivity contribution in [2.75, 3.05) is 38.7 Å². The van der Waals surface area contributed by atoms with Crippen LogP contribution in [0.5, 0.6) is 17.2 Å². The number of amides is 1. The first-order chi connectivity index (χ1) is 15.1. The van der Waals surface area contributed by atoms with E-state index in [0.29, 0.717) is 42.0 Å². The predicted octanol–water partition coefficient (Wildman–Crippen LogP) is 4.75. The molecule has 2 heterocycles. The molecule has 7 heteroatoms. The van der Waals surface area contributed by atoms with Crippen molar-refractivity contribution in [3.8, 4) is 17.2 Å². The number of carbonyl (C=O) groups is 1. The van der Waals surface area contributed by atoms with Gasteiger partial charge in [0.15, 0.2) is 11.5 Å². The standard InChI is InChI=1S/C24H29ClN2O4/c1-29-21-8-6-19(25)14-20(21)26-24(28)9-5-17-3-2-10-27(15-17)16-18-4-7-22-23(13-18)31-12-11-30-22/h4,6-8,13-14,17H,2-3,5,9-12,15-16H2,1H3,(H,26,28). The van der Waals surface area contributed by atoms with Crippen LogP contribution in [-0.4, -0.2) is 44.2 Å². The Morgan fingerprint density at radius 1 is 1.19 bits per heavy atom. The molecule has 0 radical (unpaired) electrons. The van der Waals surface area contributed by atoms with Crippen molar-refractivity contribution in [2.45, 2.75) is 32.2 Å². The Balaban J connectivity index is 1.27. The third-order valence-corrected chi connectivity index (χ3v) is 6.07. The Bertz CT molecular complexity index is 920. The lowest BCUT2D eigenvalue weighted by Gasteiger charge is -2.33. The summed E-state index contributed by atoms with van der Waals surface area (Å²) in [6.45, 7) is 4.18. The minimum Gasteiger partial charge on any atom is -0.495 e. The van der Waals surface area contributed by atoms with Gasteiger partial charge in [-0.05, 0) is 67.6 Å². The van der Waals surface area contributed by atoms with E-state index in [-0.39, 0.29) is 5.91 Å². The number of ether oxygens (including phenoxy) is 3. The lowest BCUT2D eigenvalue weighted by atomic mass is 9.93. The van der Waals surface area contributed by atoms with Gasteiger partial charge in [-0.15, -0.1) is 0 Å². The average Bonchev–Trinajstić information content (AvgIpc) is 2.78. The molecule has 0 bridgehead atoms. The number of hydrogen-bond acceptors (Lipinski definition) is 5. The summed E-state index contributed by atoms with van der Waals surface area (Å²) in [7, 11) is 1.58. The van der Waals surface area contributed by atoms with Gasteiger partial charge >= 0.3 is 0 Å². The Morgan fingerprint density at radius 3 is 2.87 bits per heavy atom. The van der Waals surface area contributed by atoms with Gasteiger partial charge in [-0.3, -0.25) is 9.69 Å². The average molecular weight is 445 g/mol. The van der Waals surface area contributed by atoms with Crippen molar-refractivity contribution in [1.82, 2.24) is 4.90 Å². The van der Waals surface area contributed by atoms with Crippen LogP contribution in [0.25, 0.3) is 0 Å². The number of rotatable bonds is 7. The lowest BCUT2D eigenvalue weighted by Crippen LogP contribution is -2.35. The normalized spacial score (nSPS) is 18.5. The van der Waals surface area contributed by atoms with E-state index in [1.807, 2.05) is 6.07 Å². The van der Waals surface area contributed by atoms with E-state index in [2.05, 4.69) is 22.3 Å². The maximum absolute atomic E-state index is 12.5. The highest BCUT2D eigenvalue weighted by molar-refractivity contribution is 6.31. The van der Waals surface area contributed by atoms with Gasteiger partial charge in [0.2, 0.25) is 5.91 Å². The Hall–Kier alpha value is -2.44. The second-order valence-corrected chi connectivity index (χ2v) is 8.59. The molecule has 1 amide bonds. The van der Waals surface area contributed by atoms with Crippen LogP contribution < -0.4 is 19.5 Å². The Morgan fingerprint density at radius 2 is 2.03 bits per heavy atom. The van der Waals surface area contributed by atoms with Crippen molar-refractivity contribution in [2.24, 2.45) is 5.92 Å². The Labute approximate surface area is 188 Å². The number of hydrogen-bond donors (Lipinski definition) is 1. The van der Waals surface area contributed by atoms with Crippen LogP contribution in [0.2, 0.25) is 5.02 Å². The summed E-state index contributed by atoms with van der Waals surface area (Å²) in [5.41, 5.74) is 1.85. The molecule has 1 saturated heterocycles. The minimum absolute atomic E-state index is 0.00970. The van der Waals surface area contributed by atoms with Gasteiger partial charge in [-0.1, -0.05) is 17.7 Å². The molecule has 1 unspecified atom stereocenters. The smallest absolute Gasteiger partial charge is 0.224 e. The number of piperidine rings is 1.